The molecule has 0 fully saturated rings. The Morgan fingerprint density at radius 2 is 1.80 bits per heavy atom. The van der Waals surface area contributed by atoms with Crippen LogP contribution in [0.2, 0.25) is 0 Å². The monoisotopic (exact) mass is 273 g/mol. The maximum atomic E-state index is 13.9. The van der Waals surface area contributed by atoms with E-state index in [4.69, 9.17) is 0 Å². The summed E-state index contributed by atoms with van der Waals surface area (Å²) in [5.41, 5.74) is 2.28. The van der Waals surface area contributed by atoms with E-state index >= 15 is 0 Å². The first-order valence-electron chi connectivity index (χ1n) is 6.88. The number of aliphatic hydroxyl groups excluding tert-OH is 1. The molecule has 0 aliphatic rings. The van der Waals surface area contributed by atoms with Crippen LogP contribution in [0.4, 0.5) is 10.1 Å². The molecule has 0 aliphatic carbocycles. The molecule has 0 radical (unpaired) electrons. The van der Waals surface area contributed by atoms with E-state index < -0.39 is 6.10 Å². The number of anilines is 1. The maximum Gasteiger partial charge on any atom is 0.131 e. The Morgan fingerprint density at radius 1 is 1.10 bits per heavy atom. The molecule has 1 atom stereocenters. The average Bonchev–Trinajstić information content (AvgIpc) is 2.45. The van der Waals surface area contributed by atoms with E-state index in [1.165, 1.54) is 6.07 Å². The smallest absolute Gasteiger partial charge is 0.131 e. The van der Waals surface area contributed by atoms with Crippen LogP contribution in [0.5, 0.6) is 0 Å². The van der Waals surface area contributed by atoms with E-state index in [1.54, 1.807) is 13.0 Å². The van der Waals surface area contributed by atoms with Crippen LogP contribution in [-0.2, 0) is 6.54 Å². The highest BCUT2D eigenvalue weighted by molar-refractivity contribution is 5.55. The van der Waals surface area contributed by atoms with E-state index in [2.05, 4.69) is 4.90 Å². The third-order valence-electron chi connectivity index (χ3n) is 3.39. The lowest BCUT2D eigenvalue weighted by atomic mass is 10.1. The number of rotatable bonds is 5. The number of hydrogen-bond donors (Lipinski definition) is 1. The van der Waals surface area contributed by atoms with Gasteiger partial charge in [0.1, 0.15) is 5.82 Å². The second-order valence-corrected chi connectivity index (χ2v) is 4.85. The molecule has 1 N–H and O–H groups in total. The fourth-order valence-corrected chi connectivity index (χ4v) is 2.39. The molecule has 2 aromatic carbocycles. The van der Waals surface area contributed by atoms with Crippen LogP contribution in [0.3, 0.4) is 0 Å². The van der Waals surface area contributed by atoms with Crippen molar-refractivity contribution >= 4 is 5.69 Å². The van der Waals surface area contributed by atoms with Gasteiger partial charge in [-0.25, -0.2) is 4.39 Å². The molecule has 2 aromatic rings. The van der Waals surface area contributed by atoms with Gasteiger partial charge in [0.05, 0.1) is 6.10 Å². The Kier molecular flexibility index (Phi) is 4.74. The molecule has 1 unspecified atom stereocenters. The van der Waals surface area contributed by atoms with Gasteiger partial charge in [-0.05, 0) is 31.5 Å². The number of nitrogens with zero attached hydrogens (tertiary/aromatic N) is 1. The quantitative estimate of drug-likeness (QED) is 0.893. The molecule has 0 bridgehead atoms. The molecular weight excluding hydrogens is 253 g/mol. The van der Waals surface area contributed by atoms with Crippen molar-refractivity contribution in [1.82, 2.24) is 0 Å². The van der Waals surface area contributed by atoms with Gasteiger partial charge in [-0.1, -0.05) is 36.4 Å². The first-order valence-corrected chi connectivity index (χ1v) is 6.88. The highest BCUT2D eigenvalue weighted by Gasteiger charge is 2.17. The Labute approximate surface area is 119 Å². The van der Waals surface area contributed by atoms with Crippen LogP contribution in [0, 0.1) is 5.82 Å². The molecule has 3 heteroatoms. The van der Waals surface area contributed by atoms with Gasteiger partial charge in [-0.15, -0.1) is 0 Å². The number of aliphatic hydroxyl groups is 1. The first kappa shape index (κ1) is 14.5. The summed E-state index contributed by atoms with van der Waals surface area (Å²) in [6, 6.07) is 15.0. The number of hydrogen-bond acceptors (Lipinski definition) is 2. The van der Waals surface area contributed by atoms with Crippen molar-refractivity contribution in [2.75, 3.05) is 11.4 Å². The molecule has 20 heavy (non-hydrogen) atoms. The van der Waals surface area contributed by atoms with Crippen molar-refractivity contribution in [2.45, 2.75) is 26.5 Å². The summed E-state index contributed by atoms with van der Waals surface area (Å²) in [5, 5.41) is 9.83. The average molecular weight is 273 g/mol. The predicted molar refractivity (Wildman–Crippen MR) is 80.2 cm³/mol. The van der Waals surface area contributed by atoms with Crippen molar-refractivity contribution in [3.05, 3.63) is 65.5 Å². The predicted octanol–water partition coefficient (Wildman–Crippen LogP) is 3.91. The Hall–Kier alpha value is -1.87. The van der Waals surface area contributed by atoms with Crippen LogP contribution in [0.25, 0.3) is 0 Å². The molecule has 0 spiro atoms. The minimum Gasteiger partial charge on any atom is -0.389 e. The molecule has 0 saturated carbocycles. The Morgan fingerprint density at radius 3 is 2.40 bits per heavy atom. The zero-order valence-electron chi connectivity index (χ0n) is 11.9. The molecular formula is C17H20FNO. The van der Waals surface area contributed by atoms with Crippen LogP contribution in [-0.4, -0.2) is 11.7 Å². The lowest BCUT2D eigenvalue weighted by molar-refractivity contribution is 0.194. The summed E-state index contributed by atoms with van der Waals surface area (Å²) < 4.78 is 13.9. The van der Waals surface area contributed by atoms with Gasteiger partial charge >= 0.3 is 0 Å². The normalized spacial score (nSPS) is 12.2. The summed E-state index contributed by atoms with van der Waals surface area (Å²) in [4.78, 5) is 2.07. The third-order valence-corrected chi connectivity index (χ3v) is 3.39. The topological polar surface area (TPSA) is 23.5 Å². The van der Waals surface area contributed by atoms with Gasteiger partial charge in [-0.3, -0.25) is 0 Å². The van der Waals surface area contributed by atoms with E-state index in [0.29, 0.717) is 12.1 Å². The summed E-state index contributed by atoms with van der Waals surface area (Å²) in [6.45, 7) is 5.07. The second-order valence-electron chi connectivity index (χ2n) is 4.85. The zero-order chi connectivity index (χ0) is 14.5. The van der Waals surface area contributed by atoms with Crippen molar-refractivity contribution in [2.24, 2.45) is 0 Å². The number of halogens is 1. The largest absolute Gasteiger partial charge is 0.389 e. The van der Waals surface area contributed by atoms with E-state index in [1.807, 2.05) is 43.3 Å². The molecule has 0 saturated heterocycles. The molecule has 0 aromatic heterocycles. The molecule has 0 aliphatic heterocycles. The summed E-state index contributed by atoms with van der Waals surface area (Å²) in [7, 11) is 0. The minimum atomic E-state index is -0.823. The zero-order valence-corrected chi connectivity index (χ0v) is 11.9. The van der Waals surface area contributed by atoms with Crippen molar-refractivity contribution in [3.8, 4) is 0 Å². The lowest BCUT2D eigenvalue weighted by Crippen LogP contribution is -2.24. The van der Waals surface area contributed by atoms with Crippen molar-refractivity contribution in [3.63, 3.8) is 0 Å². The summed E-state index contributed by atoms with van der Waals surface area (Å²) >= 11 is 0. The highest BCUT2D eigenvalue weighted by atomic mass is 19.1. The van der Waals surface area contributed by atoms with Crippen LogP contribution < -0.4 is 4.90 Å². The first-order chi connectivity index (χ1) is 9.63. The van der Waals surface area contributed by atoms with E-state index in [0.717, 1.165) is 17.8 Å². The van der Waals surface area contributed by atoms with Gasteiger partial charge in [0.2, 0.25) is 0 Å². The maximum absolute atomic E-state index is 13.9. The van der Waals surface area contributed by atoms with E-state index in [-0.39, 0.29) is 5.82 Å². The fraction of sp³-hybridized carbons (Fsp3) is 0.294. The molecule has 0 amide bonds. The fourth-order valence-electron chi connectivity index (χ4n) is 2.39. The van der Waals surface area contributed by atoms with Gasteiger partial charge in [0.25, 0.3) is 0 Å². The summed E-state index contributed by atoms with van der Waals surface area (Å²) in [6.07, 6.45) is -0.823. The van der Waals surface area contributed by atoms with Gasteiger partial charge < -0.3 is 10.0 Å². The van der Waals surface area contributed by atoms with Crippen LogP contribution in [0.15, 0.2) is 48.5 Å². The second kappa shape index (κ2) is 6.53. The van der Waals surface area contributed by atoms with Gasteiger partial charge in [0, 0.05) is 24.3 Å². The standard InChI is InChI=1S/C17H20FNO/c1-3-19(12-14-8-5-4-6-9-14)16-11-7-10-15(18)17(16)13(2)20/h4-11,13,20H,3,12H2,1-2H3. The van der Waals surface area contributed by atoms with Gasteiger partial charge in [-0.2, -0.15) is 0 Å². The number of benzene rings is 2. The van der Waals surface area contributed by atoms with Crippen LogP contribution in [0.1, 0.15) is 31.1 Å². The Bertz CT molecular complexity index is 554. The molecule has 2 rings (SSSR count). The Balaban J connectivity index is 2.35. The van der Waals surface area contributed by atoms with E-state index in [9.17, 15) is 9.50 Å². The lowest BCUT2D eigenvalue weighted by Gasteiger charge is -2.27. The van der Waals surface area contributed by atoms with Crippen molar-refractivity contribution < 1.29 is 9.50 Å². The minimum absolute atomic E-state index is 0.357. The molecule has 0 heterocycles. The SMILES string of the molecule is CCN(Cc1ccccc1)c1cccc(F)c1C(C)O. The van der Waals surface area contributed by atoms with Crippen LogP contribution >= 0.6 is 0 Å². The summed E-state index contributed by atoms with van der Waals surface area (Å²) in [5.74, 6) is -0.357. The van der Waals surface area contributed by atoms with Gasteiger partial charge in [0.15, 0.2) is 0 Å². The molecule has 2 nitrogen and oxygen atoms in total. The highest BCUT2D eigenvalue weighted by Crippen LogP contribution is 2.29. The molecule has 106 valence electrons. The third kappa shape index (κ3) is 3.17. The van der Waals surface area contributed by atoms with Crippen molar-refractivity contribution in [1.29, 1.82) is 0 Å².